The van der Waals surface area contributed by atoms with Crippen LogP contribution in [-0.2, 0) is 4.79 Å². The lowest BCUT2D eigenvalue weighted by molar-refractivity contribution is -0.127. The number of hydrogen-bond donors (Lipinski definition) is 0. The minimum absolute atomic E-state index is 0.133. The van der Waals surface area contributed by atoms with Gasteiger partial charge in [0.15, 0.2) is 0 Å². The Balaban J connectivity index is 2.40. The Hall–Kier alpha value is -0.620. The van der Waals surface area contributed by atoms with Crippen molar-refractivity contribution >= 4 is 33.6 Å². The van der Waals surface area contributed by atoms with Crippen LogP contribution in [0.4, 0.5) is 0 Å². The van der Waals surface area contributed by atoms with Crippen molar-refractivity contribution < 1.29 is 4.79 Å². The zero-order chi connectivity index (χ0) is 12.7. The maximum Gasteiger partial charge on any atom is 0.232 e. The number of carbonyl (C=O) groups excluding carboxylic acids is 1. The van der Waals surface area contributed by atoms with Gasteiger partial charge in [-0.25, -0.2) is 9.97 Å². The summed E-state index contributed by atoms with van der Waals surface area (Å²) in [7, 11) is 1.84. The minimum Gasteiger partial charge on any atom is -0.345 e. The lowest BCUT2D eigenvalue weighted by Gasteiger charge is -2.16. The second kappa shape index (κ2) is 7.66. The zero-order valence-electron chi connectivity index (χ0n) is 10.0. The molecule has 0 aromatic carbocycles. The molecular weight excluding hydrogens is 302 g/mol. The first kappa shape index (κ1) is 14.4. The van der Waals surface area contributed by atoms with Crippen LogP contribution in [0.25, 0.3) is 0 Å². The second-order valence-corrected chi connectivity index (χ2v) is 5.45. The number of carbonyl (C=O) groups is 1. The van der Waals surface area contributed by atoms with Crippen molar-refractivity contribution in [2.75, 3.05) is 19.3 Å². The van der Waals surface area contributed by atoms with Gasteiger partial charge in [0.2, 0.25) is 5.91 Å². The van der Waals surface area contributed by atoms with Crippen LogP contribution in [0.3, 0.4) is 0 Å². The molecule has 0 N–H and O–H groups in total. The van der Waals surface area contributed by atoms with E-state index in [1.54, 1.807) is 11.1 Å². The molecule has 0 aliphatic rings. The highest BCUT2D eigenvalue weighted by molar-refractivity contribution is 9.10. The molecule has 0 fully saturated rings. The number of hydrogen-bond acceptors (Lipinski definition) is 4. The van der Waals surface area contributed by atoms with Crippen molar-refractivity contribution in [2.24, 2.45) is 0 Å². The van der Waals surface area contributed by atoms with E-state index in [1.165, 1.54) is 18.1 Å². The molecule has 0 radical (unpaired) electrons. The summed E-state index contributed by atoms with van der Waals surface area (Å²) >= 11 is 4.78. The average Bonchev–Trinajstić information content (AvgIpc) is 2.34. The molecule has 1 amide bonds. The molecule has 0 aliphatic heterocycles. The predicted molar refractivity (Wildman–Crippen MR) is 73.0 cm³/mol. The van der Waals surface area contributed by atoms with Gasteiger partial charge in [0.05, 0.1) is 10.2 Å². The highest BCUT2D eigenvalue weighted by atomic mass is 79.9. The van der Waals surface area contributed by atoms with E-state index in [2.05, 4.69) is 32.8 Å². The molecule has 1 aromatic heterocycles. The van der Waals surface area contributed by atoms with Crippen molar-refractivity contribution in [1.82, 2.24) is 14.9 Å². The SMILES string of the molecule is CCCCN(C)C(=O)CSc1ncncc1Br. The molecular formula is C11H16BrN3OS. The van der Waals surface area contributed by atoms with E-state index in [0.29, 0.717) is 5.75 Å². The van der Waals surface area contributed by atoms with Gasteiger partial charge in [-0.15, -0.1) is 0 Å². The fourth-order valence-electron chi connectivity index (χ4n) is 1.17. The van der Waals surface area contributed by atoms with Gasteiger partial charge in [0, 0.05) is 19.8 Å². The Labute approximate surface area is 114 Å². The fourth-order valence-corrected chi connectivity index (χ4v) is 2.52. The third-order valence-electron chi connectivity index (χ3n) is 2.24. The van der Waals surface area contributed by atoms with E-state index < -0.39 is 0 Å². The smallest absolute Gasteiger partial charge is 0.232 e. The Kier molecular flexibility index (Phi) is 6.50. The van der Waals surface area contributed by atoms with Gasteiger partial charge in [0.1, 0.15) is 11.4 Å². The first-order valence-electron chi connectivity index (χ1n) is 5.47. The van der Waals surface area contributed by atoms with Gasteiger partial charge in [-0.1, -0.05) is 25.1 Å². The summed E-state index contributed by atoms with van der Waals surface area (Å²) in [5, 5.41) is 0.803. The summed E-state index contributed by atoms with van der Waals surface area (Å²) in [6.45, 7) is 2.94. The van der Waals surface area contributed by atoms with Gasteiger partial charge in [0.25, 0.3) is 0 Å². The zero-order valence-corrected chi connectivity index (χ0v) is 12.4. The summed E-state index contributed by atoms with van der Waals surface area (Å²) in [6.07, 6.45) is 5.31. The van der Waals surface area contributed by atoms with Gasteiger partial charge in [-0.3, -0.25) is 4.79 Å². The first-order valence-corrected chi connectivity index (χ1v) is 7.25. The van der Waals surface area contributed by atoms with Gasteiger partial charge in [-0.05, 0) is 22.4 Å². The van der Waals surface area contributed by atoms with Crippen LogP contribution in [0, 0.1) is 0 Å². The number of nitrogens with zero attached hydrogens (tertiary/aromatic N) is 3. The fraction of sp³-hybridized carbons (Fsp3) is 0.545. The van der Waals surface area contributed by atoms with Crippen LogP contribution in [-0.4, -0.2) is 40.1 Å². The van der Waals surface area contributed by atoms with E-state index in [1.807, 2.05) is 7.05 Å². The number of unbranched alkanes of at least 4 members (excludes halogenated alkanes) is 1. The quantitative estimate of drug-likeness (QED) is 0.597. The van der Waals surface area contributed by atoms with Crippen LogP contribution in [0.1, 0.15) is 19.8 Å². The van der Waals surface area contributed by atoms with E-state index in [9.17, 15) is 4.79 Å². The molecule has 1 heterocycles. The lowest BCUT2D eigenvalue weighted by atomic mass is 10.3. The largest absolute Gasteiger partial charge is 0.345 e. The first-order chi connectivity index (χ1) is 8.15. The van der Waals surface area contributed by atoms with Crippen LogP contribution in [0.15, 0.2) is 22.0 Å². The van der Waals surface area contributed by atoms with Crippen LogP contribution < -0.4 is 0 Å². The monoisotopic (exact) mass is 317 g/mol. The Morgan fingerprint density at radius 3 is 3.00 bits per heavy atom. The van der Waals surface area contributed by atoms with Gasteiger partial charge in [-0.2, -0.15) is 0 Å². The van der Waals surface area contributed by atoms with Crippen LogP contribution >= 0.6 is 27.7 Å². The summed E-state index contributed by atoms with van der Waals surface area (Å²) in [5.41, 5.74) is 0. The number of aromatic nitrogens is 2. The highest BCUT2D eigenvalue weighted by Gasteiger charge is 2.10. The summed E-state index contributed by atoms with van der Waals surface area (Å²) in [5.74, 6) is 0.546. The minimum atomic E-state index is 0.133. The van der Waals surface area contributed by atoms with Crippen molar-refractivity contribution in [2.45, 2.75) is 24.8 Å². The highest BCUT2D eigenvalue weighted by Crippen LogP contribution is 2.23. The number of amides is 1. The topological polar surface area (TPSA) is 46.1 Å². The van der Waals surface area contributed by atoms with Crippen LogP contribution in [0.5, 0.6) is 0 Å². The molecule has 1 aromatic rings. The maximum absolute atomic E-state index is 11.8. The molecule has 1 rings (SSSR count). The number of rotatable bonds is 6. The molecule has 0 atom stereocenters. The van der Waals surface area contributed by atoms with Crippen molar-refractivity contribution in [3.8, 4) is 0 Å². The van der Waals surface area contributed by atoms with Crippen molar-refractivity contribution in [3.63, 3.8) is 0 Å². The standard InChI is InChI=1S/C11H16BrN3OS/c1-3-4-5-15(2)10(16)7-17-11-9(12)6-13-8-14-11/h6,8H,3-5,7H2,1-2H3. The summed E-state index contributed by atoms with van der Waals surface area (Å²) in [6, 6.07) is 0. The predicted octanol–water partition coefficient (Wildman–Crippen LogP) is 2.59. The van der Waals surface area contributed by atoms with Crippen molar-refractivity contribution in [3.05, 3.63) is 17.0 Å². The summed E-state index contributed by atoms with van der Waals surface area (Å²) in [4.78, 5) is 21.5. The lowest BCUT2D eigenvalue weighted by Crippen LogP contribution is -2.29. The molecule has 94 valence electrons. The molecule has 4 nitrogen and oxygen atoms in total. The van der Waals surface area contributed by atoms with Crippen LogP contribution in [0.2, 0.25) is 0 Å². The number of halogens is 1. The van der Waals surface area contributed by atoms with E-state index in [4.69, 9.17) is 0 Å². The third kappa shape index (κ3) is 5.04. The molecule has 0 aliphatic carbocycles. The molecule has 0 unspecified atom stereocenters. The van der Waals surface area contributed by atoms with Gasteiger partial charge < -0.3 is 4.90 Å². The van der Waals surface area contributed by atoms with Gasteiger partial charge >= 0.3 is 0 Å². The summed E-state index contributed by atoms with van der Waals surface area (Å²) < 4.78 is 0.828. The molecule has 6 heteroatoms. The second-order valence-electron chi connectivity index (χ2n) is 3.63. The normalized spacial score (nSPS) is 10.3. The molecule has 0 bridgehead atoms. The average molecular weight is 318 g/mol. The van der Waals surface area contributed by atoms with Crippen molar-refractivity contribution in [1.29, 1.82) is 0 Å². The molecule has 17 heavy (non-hydrogen) atoms. The van der Waals surface area contributed by atoms with E-state index >= 15 is 0 Å². The maximum atomic E-state index is 11.8. The molecule has 0 saturated heterocycles. The Morgan fingerprint density at radius 2 is 2.35 bits per heavy atom. The number of thioether (sulfide) groups is 1. The van der Waals surface area contributed by atoms with E-state index in [-0.39, 0.29) is 5.91 Å². The Bertz CT molecular complexity index is 375. The van der Waals surface area contributed by atoms with E-state index in [0.717, 1.165) is 28.9 Å². The third-order valence-corrected chi connectivity index (χ3v) is 4.07. The Morgan fingerprint density at radius 1 is 1.59 bits per heavy atom. The molecule has 0 spiro atoms. The molecule has 0 saturated carbocycles.